The summed E-state index contributed by atoms with van der Waals surface area (Å²) < 4.78 is 4.94. The van der Waals surface area contributed by atoms with Gasteiger partial charge in [0.15, 0.2) is 6.19 Å². The monoisotopic (exact) mass is 254 g/mol. The largest absolute Gasteiger partial charge is 0.427 e. The smallest absolute Gasteiger partial charge is 0.308 e. The lowest BCUT2D eigenvalue weighted by molar-refractivity contribution is -0.131. The number of nitrogens with one attached hydrogen (secondary N) is 1. The second kappa shape index (κ2) is 5.60. The number of nitrogens with zero attached hydrogens (tertiary/aromatic N) is 3. The third-order valence-electron chi connectivity index (χ3n) is 2.23. The van der Waals surface area contributed by atoms with Crippen LogP contribution in [0.3, 0.4) is 0 Å². The standard InChI is InChI=1S/C13H10N4O2/c1-9(18)19-11-4-2-10(3-5-11)12-6-7-15-13(17-12)16-8-14/h2-7H,1H3,(H,15,16,17). The highest BCUT2D eigenvalue weighted by atomic mass is 16.5. The number of aromatic nitrogens is 2. The topological polar surface area (TPSA) is 87.9 Å². The van der Waals surface area contributed by atoms with Crippen LogP contribution in [0.4, 0.5) is 5.95 Å². The van der Waals surface area contributed by atoms with Gasteiger partial charge in [0.25, 0.3) is 0 Å². The van der Waals surface area contributed by atoms with Crippen molar-refractivity contribution < 1.29 is 9.53 Å². The van der Waals surface area contributed by atoms with Crippen molar-refractivity contribution in [2.75, 3.05) is 5.32 Å². The Balaban J connectivity index is 2.24. The van der Waals surface area contributed by atoms with E-state index in [4.69, 9.17) is 10.00 Å². The summed E-state index contributed by atoms with van der Waals surface area (Å²) in [6.07, 6.45) is 3.32. The molecule has 0 unspecified atom stereocenters. The van der Waals surface area contributed by atoms with Gasteiger partial charge in [-0.3, -0.25) is 10.1 Å². The Labute approximate surface area is 109 Å². The van der Waals surface area contributed by atoms with Crippen LogP contribution in [-0.2, 0) is 4.79 Å². The molecule has 0 saturated carbocycles. The number of ether oxygens (including phenoxy) is 1. The highest BCUT2D eigenvalue weighted by molar-refractivity contribution is 5.70. The van der Waals surface area contributed by atoms with E-state index in [1.165, 1.54) is 6.92 Å². The zero-order chi connectivity index (χ0) is 13.7. The van der Waals surface area contributed by atoms with Gasteiger partial charge in [0.2, 0.25) is 5.95 Å². The van der Waals surface area contributed by atoms with E-state index in [0.717, 1.165) is 5.56 Å². The number of benzene rings is 1. The predicted octanol–water partition coefficient (Wildman–Crippen LogP) is 1.96. The summed E-state index contributed by atoms with van der Waals surface area (Å²) in [6.45, 7) is 1.35. The van der Waals surface area contributed by atoms with E-state index in [2.05, 4.69) is 15.3 Å². The molecule has 2 aromatic rings. The Morgan fingerprint density at radius 2 is 2.05 bits per heavy atom. The molecule has 0 saturated heterocycles. The van der Waals surface area contributed by atoms with Crippen molar-refractivity contribution in [2.24, 2.45) is 0 Å². The second-order valence-electron chi connectivity index (χ2n) is 3.62. The molecular weight excluding hydrogens is 244 g/mol. The molecule has 0 fully saturated rings. The van der Waals surface area contributed by atoms with E-state index >= 15 is 0 Å². The van der Waals surface area contributed by atoms with E-state index in [1.807, 2.05) is 0 Å². The molecule has 0 aliphatic heterocycles. The highest BCUT2D eigenvalue weighted by Gasteiger charge is 2.03. The van der Waals surface area contributed by atoms with Crippen molar-refractivity contribution in [3.05, 3.63) is 36.5 Å². The highest BCUT2D eigenvalue weighted by Crippen LogP contribution is 2.21. The van der Waals surface area contributed by atoms with Gasteiger partial charge in [-0.15, -0.1) is 0 Å². The lowest BCUT2D eigenvalue weighted by Gasteiger charge is -2.04. The predicted molar refractivity (Wildman–Crippen MR) is 68.0 cm³/mol. The first-order chi connectivity index (χ1) is 9.19. The number of rotatable bonds is 3. The molecule has 0 atom stereocenters. The minimum absolute atomic E-state index is 0.240. The second-order valence-corrected chi connectivity index (χ2v) is 3.62. The van der Waals surface area contributed by atoms with Crippen LogP contribution in [0.1, 0.15) is 6.92 Å². The van der Waals surface area contributed by atoms with Crippen molar-refractivity contribution in [1.82, 2.24) is 9.97 Å². The number of carbonyl (C=O) groups excluding carboxylic acids is 1. The van der Waals surface area contributed by atoms with Crippen LogP contribution in [0.2, 0.25) is 0 Å². The van der Waals surface area contributed by atoms with Crippen LogP contribution in [0.15, 0.2) is 36.5 Å². The first-order valence-electron chi connectivity index (χ1n) is 5.46. The van der Waals surface area contributed by atoms with E-state index in [0.29, 0.717) is 11.4 Å². The van der Waals surface area contributed by atoms with Gasteiger partial charge < -0.3 is 4.74 Å². The van der Waals surface area contributed by atoms with Gasteiger partial charge in [0, 0.05) is 18.7 Å². The Morgan fingerprint density at radius 3 is 2.68 bits per heavy atom. The molecule has 0 aliphatic carbocycles. The quantitative estimate of drug-likeness (QED) is 0.390. The molecule has 0 aliphatic rings. The lowest BCUT2D eigenvalue weighted by atomic mass is 10.1. The van der Waals surface area contributed by atoms with Gasteiger partial charge in [-0.05, 0) is 30.3 Å². The third kappa shape index (κ3) is 3.26. The van der Waals surface area contributed by atoms with Gasteiger partial charge in [0.05, 0.1) is 5.69 Å². The number of hydrogen-bond acceptors (Lipinski definition) is 6. The summed E-state index contributed by atoms with van der Waals surface area (Å²) in [5, 5.41) is 10.9. The maximum absolute atomic E-state index is 10.8. The minimum atomic E-state index is -0.365. The molecule has 1 N–H and O–H groups in total. The van der Waals surface area contributed by atoms with E-state index in [-0.39, 0.29) is 11.9 Å². The summed E-state index contributed by atoms with van der Waals surface area (Å²) in [5.74, 6) is 0.347. The fraction of sp³-hybridized carbons (Fsp3) is 0.0769. The summed E-state index contributed by atoms with van der Waals surface area (Å²) in [7, 11) is 0. The number of nitriles is 1. The number of anilines is 1. The van der Waals surface area contributed by atoms with Crippen LogP contribution in [-0.4, -0.2) is 15.9 Å². The lowest BCUT2D eigenvalue weighted by Crippen LogP contribution is -2.01. The van der Waals surface area contributed by atoms with Crippen LogP contribution >= 0.6 is 0 Å². The van der Waals surface area contributed by atoms with Crippen molar-refractivity contribution in [3.8, 4) is 23.2 Å². The molecule has 0 amide bonds. The fourth-order valence-corrected chi connectivity index (χ4v) is 1.49. The SMILES string of the molecule is CC(=O)Oc1ccc(-c2ccnc(NC#N)n2)cc1. The Bertz CT molecular complexity index is 632. The molecule has 0 bridgehead atoms. The van der Waals surface area contributed by atoms with Gasteiger partial charge in [-0.25, -0.2) is 9.97 Å². The average Bonchev–Trinajstić information content (AvgIpc) is 2.40. The van der Waals surface area contributed by atoms with E-state index < -0.39 is 0 Å². The molecule has 1 aromatic carbocycles. The molecule has 6 nitrogen and oxygen atoms in total. The Kier molecular flexibility index (Phi) is 3.69. The van der Waals surface area contributed by atoms with Crippen molar-refractivity contribution >= 4 is 11.9 Å². The third-order valence-corrected chi connectivity index (χ3v) is 2.23. The van der Waals surface area contributed by atoms with Crippen LogP contribution in [0.5, 0.6) is 5.75 Å². The van der Waals surface area contributed by atoms with Crippen molar-refractivity contribution in [2.45, 2.75) is 6.92 Å². The van der Waals surface area contributed by atoms with Crippen LogP contribution < -0.4 is 10.1 Å². The molecule has 94 valence electrons. The van der Waals surface area contributed by atoms with Gasteiger partial charge in [0.1, 0.15) is 5.75 Å². The molecule has 2 rings (SSSR count). The average molecular weight is 254 g/mol. The molecule has 6 heteroatoms. The van der Waals surface area contributed by atoms with E-state index in [1.54, 1.807) is 42.7 Å². The summed E-state index contributed by atoms with van der Waals surface area (Å²) >= 11 is 0. The normalized spacial score (nSPS) is 9.47. The number of esters is 1. The van der Waals surface area contributed by atoms with Gasteiger partial charge in [-0.2, -0.15) is 5.26 Å². The molecule has 19 heavy (non-hydrogen) atoms. The van der Waals surface area contributed by atoms with Gasteiger partial charge in [-0.1, -0.05) is 0 Å². The van der Waals surface area contributed by atoms with Gasteiger partial charge >= 0.3 is 5.97 Å². The first-order valence-corrected chi connectivity index (χ1v) is 5.46. The van der Waals surface area contributed by atoms with Crippen molar-refractivity contribution in [3.63, 3.8) is 0 Å². The molecule has 0 radical (unpaired) electrons. The summed E-state index contributed by atoms with van der Waals surface area (Å²) in [4.78, 5) is 18.9. The summed E-state index contributed by atoms with van der Waals surface area (Å²) in [5.41, 5.74) is 1.50. The maximum Gasteiger partial charge on any atom is 0.308 e. The Morgan fingerprint density at radius 1 is 1.32 bits per heavy atom. The zero-order valence-electron chi connectivity index (χ0n) is 10.1. The Hall–Kier alpha value is -2.94. The minimum Gasteiger partial charge on any atom is -0.427 e. The first kappa shape index (κ1) is 12.5. The fourth-order valence-electron chi connectivity index (χ4n) is 1.49. The molecular formula is C13H10N4O2. The van der Waals surface area contributed by atoms with Crippen LogP contribution in [0, 0.1) is 11.5 Å². The maximum atomic E-state index is 10.8. The van der Waals surface area contributed by atoms with Crippen molar-refractivity contribution in [1.29, 1.82) is 5.26 Å². The molecule has 0 spiro atoms. The van der Waals surface area contributed by atoms with E-state index in [9.17, 15) is 4.79 Å². The summed E-state index contributed by atoms with van der Waals surface area (Å²) in [6, 6.07) is 8.63. The van der Waals surface area contributed by atoms with Crippen LogP contribution in [0.25, 0.3) is 11.3 Å². The zero-order valence-corrected chi connectivity index (χ0v) is 10.1. The molecule has 1 heterocycles. The number of hydrogen-bond donors (Lipinski definition) is 1. The number of carbonyl (C=O) groups is 1. The molecule has 1 aromatic heterocycles.